The number of phenols is 3. The monoisotopic (exact) mass is 332 g/mol. The molecular weight excluding hydrogens is 316 g/mol. The molecular formula is C17H16O7. The normalized spacial score (nSPS) is 19.5. The van der Waals surface area contributed by atoms with Crippen molar-refractivity contribution >= 4 is 5.78 Å². The first-order chi connectivity index (χ1) is 11.5. The Morgan fingerprint density at radius 1 is 1.04 bits per heavy atom. The zero-order valence-electron chi connectivity index (χ0n) is 13.0. The smallest absolute Gasteiger partial charge is 0.203 e. The lowest BCUT2D eigenvalue weighted by Crippen LogP contribution is -2.37. The molecule has 0 saturated heterocycles. The van der Waals surface area contributed by atoms with Gasteiger partial charge in [-0.2, -0.15) is 0 Å². The number of phenolic OH excluding ortho intramolecular Hbond substituents is 3. The molecule has 1 aliphatic rings. The second-order valence-corrected chi connectivity index (χ2v) is 5.33. The first-order valence-electron chi connectivity index (χ1n) is 7.12. The maximum absolute atomic E-state index is 12.6. The van der Waals surface area contributed by atoms with Gasteiger partial charge in [-0.3, -0.25) is 4.79 Å². The van der Waals surface area contributed by atoms with Crippen LogP contribution in [0.3, 0.4) is 0 Å². The van der Waals surface area contributed by atoms with Gasteiger partial charge in [-0.15, -0.1) is 0 Å². The van der Waals surface area contributed by atoms with Crippen molar-refractivity contribution in [2.75, 3.05) is 14.2 Å². The van der Waals surface area contributed by atoms with Crippen LogP contribution >= 0.6 is 0 Å². The summed E-state index contributed by atoms with van der Waals surface area (Å²) in [6.07, 6.45) is -1.87. The van der Waals surface area contributed by atoms with Crippen LogP contribution in [0.15, 0.2) is 30.3 Å². The number of carbonyl (C=O) groups excluding carboxylic acids is 1. The Kier molecular flexibility index (Phi) is 3.94. The molecule has 2 aromatic rings. The highest BCUT2D eigenvalue weighted by Gasteiger charge is 2.40. The number of aromatic hydroxyl groups is 3. The van der Waals surface area contributed by atoms with Crippen LogP contribution in [0.4, 0.5) is 0 Å². The molecule has 7 heteroatoms. The Morgan fingerprint density at radius 3 is 2.42 bits per heavy atom. The first-order valence-corrected chi connectivity index (χ1v) is 7.12. The van der Waals surface area contributed by atoms with Gasteiger partial charge in [0.25, 0.3) is 0 Å². The van der Waals surface area contributed by atoms with Crippen molar-refractivity contribution in [3.05, 3.63) is 41.5 Å². The fraction of sp³-hybridized carbons (Fsp3) is 0.235. The van der Waals surface area contributed by atoms with Gasteiger partial charge in [0.1, 0.15) is 22.8 Å². The first kappa shape index (κ1) is 15.9. The van der Waals surface area contributed by atoms with Crippen LogP contribution in [0.1, 0.15) is 22.0 Å². The average Bonchev–Trinajstić information content (AvgIpc) is 2.53. The third-order valence-corrected chi connectivity index (χ3v) is 3.89. The Morgan fingerprint density at radius 2 is 1.79 bits per heavy atom. The Bertz CT molecular complexity index is 800. The third-order valence-electron chi connectivity index (χ3n) is 3.89. The van der Waals surface area contributed by atoms with E-state index in [-0.39, 0.29) is 34.3 Å². The molecule has 2 atom stereocenters. The van der Waals surface area contributed by atoms with E-state index < -0.39 is 18.0 Å². The molecule has 0 radical (unpaired) electrons. The van der Waals surface area contributed by atoms with E-state index in [2.05, 4.69) is 0 Å². The summed E-state index contributed by atoms with van der Waals surface area (Å²) >= 11 is 0. The summed E-state index contributed by atoms with van der Waals surface area (Å²) < 4.78 is 16.0. The topological polar surface area (TPSA) is 105 Å². The lowest BCUT2D eigenvalue weighted by atomic mass is 9.92. The number of rotatable bonds is 3. The Hall–Kier alpha value is -2.93. The van der Waals surface area contributed by atoms with Crippen molar-refractivity contribution in [2.24, 2.45) is 0 Å². The molecule has 1 heterocycles. The van der Waals surface area contributed by atoms with Gasteiger partial charge in [-0.05, 0) is 17.7 Å². The Balaban J connectivity index is 2.08. The number of benzene rings is 2. The van der Waals surface area contributed by atoms with Crippen LogP contribution in [0.25, 0.3) is 0 Å². The SMILES string of the molecule is COc1ccc(C2Oc3cc(O)cc(O)c3C(=O)C2OC)cc1O. The second-order valence-electron chi connectivity index (χ2n) is 5.33. The summed E-state index contributed by atoms with van der Waals surface area (Å²) in [6, 6.07) is 6.90. The zero-order valence-corrected chi connectivity index (χ0v) is 13.0. The highest BCUT2D eigenvalue weighted by molar-refractivity contribution is 6.05. The Labute approximate surface area is 137 Å². The van der Waals surface area contributed by atoms with Crippen LogP contribution < -0.4 is 9.47 Å². The van der Waals surface area contributed by atoms with Gasteiger partial charge in [-0.25, -0.2) is 0 Å². The molecule has 0 bridgehead atoms. The number of ketones is 1. The van der Waals surface area contributed by atoms with Gasteiger partial charge in [0.05, 0.1) is 7.11 Å². The van der Waals surface area contributed by atoms with Crippen molar-refractivity contribution in [3.8, 4) is 28.7 Å². The molecule has 2 aromatic carbocycles. The van der Waals surface area contributed by atoms with Gasteiger partial charge in [0.15, 0.2) is 23.7 Å². The minimum absolute atomic E-state index is 0.0473. The quantitative estimate of drug-likeness (QED) is 0.791. The molecule has 0 aliphatic carbocycles. The van der Waals surface area contributed by atoms with E-state index in [4.69, 9.17) is 14.2 Å². The standard InChI is InChI=1S/C17H16O7/c1-22-12-4-3-8(5-10(12)19)16-17(23-2)15(21)14-11(20)6-9(18)7-13(14)24-16/h3-7,16-20H,1-2H3. The van der Waals surface area contributed by atoms with Crippen molar-refractivity contribution in [3.63, 3.8) is 0 Å². The molecule has 3 N–H and O–H groups in total. The number of hydrogen-bond acceptors (Lipinski definition) is 7. The summed E-state index contributed by atoms with van der Waals surface area (Å²) in [5.74, 6) is -0.863. The van der Waals surface area contributed by atoms with Gasteiger partial charge in [-0.1, -0.05) is 6.07 Å². The highest BCUT2D eigenvalue weighted by atomic mass is 16.5. The molecule has 0 aromatic heterocycles. The van der Waals surface area contributed by atoms with Crippen molar-refractivity contribution in [1.82, 2.24) is 0 Å². The molecule has 1 aliphatic heterocycles. The molecule has 7 nitrogen and oxygen atoms in total. The minimum Gasteiger partial charge on any atom is -0.508 e. The predicted molar refractivity (Wildman–Crippen MR) is 82.9 cm³/mol. The maximum Gasteiger partial charge on any atom is 0.203 e. The number of fused-ring (bicyclic) bond motifs is 1. The maximum atomic E-state index is 12.6. The fourth-order valence-electron chi connectivity index (χ4n) is 2.76. The van der Waals surface area contributed by atoms with Crippen LogP contribution in [-0.2, 0) is 4.74 Å². The van der Waals surface area contributed by atoms with Crippen molar-refractivity contribution in [2.45, 2.75) is 12.2 Å². The second kappa shape index (κ2) is 5.93. The number of ether oxygens (including phenoxy) is 3. The van der Waals surface area contributed by atoms with Crippen LogP contribution in [0.2, 0.25) is 0 Å². The summed E-state index contributed by atoms with van der Waals surface area (Å²) in [7, 11) is 2.78. The molecule has 0 amide bonds. The van der Waals surface area contributed by atoms with Crippen LogP contribution in [0.5, 0.6) is 28.7 Å². The average molecular weight is 332 g/mol. The molecule has 0 fully saturated rings. The minimum atomic E-state index is -1.01. The van der Waals surface area contributed by atoms with E-state index >= 15 is 0 Å². The number of methoxy groups -OCH3 is 2. The molecule has 2 unspecified atom stereocenters. The predicted octanol–water partition coefficient (Wildman–Crippen LogP) is 2.14. The van der Waals surface area contributed by atoms with Crippen LogP contribution in [0, 0.1) is 0 Å². The summed E-state index contributed by atoms with van der Waals surface area (Å²) in [5, 5.41) is 29.5. The van der Waals surface area contributed by atoms with E-state index in [1.807, 2.05) is 0 Å². The van der Waals surface area contributed by atoms with E-state index in [1.165, 1.54) is 26.4 Å². The molecule has 0 spiro atoms. The fourth-order valence-corrected chi connectivity index (χ4v) is 2.76. The van der Waals surface area contributed by atoms with Crippen LogP contribution in [-0.4, -0.2) is 41.4 Å². The zero-order chi connectivity index (χ0) is 17.4. The summed E-state index contributed by atoms with van der Waals surface area (Å²) in [5.41, 5.74) is 0.440. The van der Waals surface area contributed by atoms with Gasteiger partial charge in [0.2, 0.25) is 5.78 Å². The molecule has 24 heavy (non-hydrogen) atoms. The van der Waals surface area contributed by atoms with Gasteiger partial charge in [0, 0.05) is 19.2 Å². The molecule has 0 saturated carbocycles. The lowest BCUT2D eigenvalue weighted by Gasteiger charge is -2.32. The number of hydrogen-bond donors (Lipinski definition) is 3. The lowest BCUT2D eigenvalue weighted by molar-refractivity contribution is -0.00115. The third kappa shape index (κ3) is 2.48. The van der Waals surface area contributed by atoms with Gasteiger partial charge >= 0.3 is 0 Å². The summed E-state index contributed by atoms with van der Waals surface area (Å²) in [4.78, 5) is 12.6. The van der Waals surface area contributed by atoms with E-state index in [0.29, 0.717) is 5.56 Å². The van der Waals surface area contributed by atoms with E-state index in [1.54, 1.807) is 12.1 Å². The van der Waals surface area contributed by atoms with E-state index in [9.17, 15) is 20.1 Å². The van der Waals surface area contributed by atoms with Crippen molar-refractivity contribution in [1.29, 1.82) is 0 Å². The van der Waals surface area contributed by atoms with Gasteiger partial charge < -0.3 is 29.5 Å². The summed E-state index contributed by atoms with van der Waals surface area (Å²) in [6.45, 7) is 0. The highest BCUT2D eigenvalue weighted by Crippen LogP contribution is 2.43. The van der Waals surface area contributed by atoms with E-state index in [0.717, 1.165) is 6.07 Å². The molecule has 126 valence electrons. The molecule has 3 rings (SSSR count). The largest absolute Gasteiger partial charge is 0.508 e. The number of Topliss-reactive ketones (excluding diaryl/α,β-unsaturated/α-hetero) is 1. The number of carbonyl (C=O) groups is 1. The van der Waals surface area contributed by atoms with Crippen molar-refractivity contribution < 1.29 is 34.3 Å².